The topological polar surface area (TPSA) is 29.5 Å². The first-order chi connectivity index (χ1) is 12.6. The molecule has 0 unspecified atom stereocenters. The van der Waals surface area contributed by atoms with Crippen molar-refractivity contribution < 1.29 is 9.53 Å². The Kier molecular flexibility index (Phi) is 5.49. The predicted octanol–water partition coefficient (Wildman–Crippen LogP) is 4.08. The number of likely N-dealkylation sites (N-methyl/N-ethyl adjacent to an activating group) is 1. The molecule has 0 radical (unpaired) electrons. The van der Waals surface area contributed by atoms with E-state index in [1.165, 1.54) is 0 Å². The third-order valence-electron chi connectivity index (χ3n) is 4.45. The molecule has 0 fully saturated rings. The van der Waals surface area contributed by atoms with Crippen LogP contribution in [0.2, 0.25) is 0 Å². The fraction of sp³-hybridized carbons (Fsp3) is 0.174. The SMILES string of the molecule is CN(C)C(=O)COC(c1ccccc1)(c1ccccc1)c1ccccc1. The van der Waals surface area contributed by atoms with Gasteiger partial charge in [0.25, 0.3) is 0 Å². The van der Waals surface area contributed by atoms with Gasteiger partial charge in [-0.05, 0) is 16.7 Å². The molecule has 0 saturated heterocycles. The van der Waals surface area contributed by atoms with Crippen molar-refractivity contribution in [3.8, 4) is 0 Å². The maximum Gasteiger partial charge on any atom is 0.248 e. The van der Waals surface area contributed by atoms with Crippen molar-refractivity contribution in [1.29, 1.82) is 0 Å². The van der Waals surface area contributed by atoms with Crippen molar-refractivity contribution in [3.05, 3.63) is 108 Å². The van der Waals surface area contributed by atoms with Gasteiger partial charge in [0, 0.05) is 14.1 Å². The predicted molar refractivity (Wildman–Crippen MR) is 104 cm³/mol. The fourth-order valence-corrected chi connectivity index (χ4v) is 3.07. The molecule has 3 heteroatoms. The van der Waals surface area contributed by atoms with E-state index in [-0.39, 0.29) is 12.5 Å². The van der Waals surface area contributed by atoms with Gasteiger partial charge < -0.3 is 9.64 Å². The van der Waals surface area contributed by atoms with E-state index in [0.717, 1.165) is 16.7 Å². The first-order valence-electron chi connectivity index (χ1n) is 8.65. The van der Waals surface area contributed by atoms with Crippen LogP contribution >= 0.6 is 0 Å². The Labute approximate surface area is 154 Å². The van der Waals surface area contributed by atoms with Crippen molar-refractivity contribution in [2.75, 3.05) is 20.7 Å². The molecule has 3 nitrogen and oxygen atoms in total. The number of rotatable bonds is 6. The summed E-state index contributed by atoms with van der Waals surface area (Å²) in [6.45, 7) is -0.00825. The number of carbonyl (C=O) groups is 1. The summed E-state index contributed by atoms with van der Waals surface area (Å²) in [6, 6.07) is 30.2. The molecule has 0 spiro atoms. The fourth-order valence-electron chi connectivity index (χ4n) is 3.07. The van der Waals surface area contributed by atoms with E-state index < -0.39 is 5.60 Å². The van der Waals surface area contributed by atoms with Crippen LogP contribution in [-0.4, -0.2) is 31.5 Å². The molecular formula is C23H23NO2. The monoisotopic (exact) mass is 345 g/mol. The second kappa shape index (κ2) is 7.98. The third-order valence-corrected chi connectivity index (χ3v) is 4.45. The number of amides is 1. The Balaban J connectivity index is 2.19. The number of hydrogen-bond donors (Lipinski definition) is 0. The molecule has 3 aromatic rings. The lowest BCUT2D eigenvalue weighted by molar-refractivity contribution is -0.137. The Bertz CT molecular complexity index is 733. The molecule has 0 aliphatic heterocycles. The second-order valence-corrected chi connectivity index (χ2v) is 6.36. The van der Waals surface area contributed by atoms with E-state index in [9.17, 15) is 4.79 Å². The minimum atomic E-state index is -0.852. The molecule has 0 aromatic heterocycles. The van der Waals surface area contributed by atoms with Crippen molar-refractivity contribution in [2.24, 2.45) is 0 Å². The molecule has 1 amide bonds. The number of nitrogens with zero attached hydrogens (tertiary/aromatic N) is 1. The highest BCUT2D eigenvalue weighted by atomic mass is 16.5. The lowest BCUT2D eigenvalue weighted by Gasteiger charge is -2.36. The number of benzene rings is 3. The summed E-state index contributed by atoms with van der Waals surface area (Å²) in [5.74, 6) is -0.0721. The van der Waals surface area contributed by atoms with Gasteiger partial charge in [-0.3, -0.25) is 4.79 Å². The zero-order valence-corrected chi connectivity index (χ0v) is 15.1. The summed E-state index contributed by atoms with van der Waals surface area (Å²) in [5, 5.41) is 0. The zero-order chi connectivity index (χ0) is 18.4. The van der Waals surface area contributed by atoms with E-state index in [1.807, 2.05) is 91.0 Å². The van der Waals surface area contributed by atoms with E-state index in [1.54, 1.807) is 19.0 Å². The quantitative estimate of drug-likeness (QED) is 0.630. The normalized spacial score (nSPS) is 11.2. The molecule has 0 N–H and O–H groups in total. The summed E-state index contributed by atoms with van der Waals surface area (Å²) in [4.78, 5) is 13.8. The summed E-state index contributed by atoms with van der Waals surface area (Å²) >= 11 is 0. The average Bonchev–Trinajstić information content (AvgIpc) is 2.70. The molecule has 26 heavy (non-hydrogen) atoms. The summed E-state index contributed by atoms with van der Waals surface area (Å²) in [5.41, 5.74) is 2.12. The molecular weight excluding hydrogens is 322 g/mol. The van der Waals surface area contributed by atoms with Crippen molar-refractivity contribution in [2.45, 2.75) is 5.60 Å². The minimum Gasteiger partial charge on any atom is -0.351 e. The average molecular weight is 345 g/mol. The second-order valence-electron chi connectivity index (χ2n) is 6.36. The highest BCUT2D eigenvalue weighted by Gasteiger charge is 2.38. The first kappa shape index (κ1) is 17.9. The van der Waals surface area contributed by atoms with Gasteiger partial charge in [0.15, 0.2) is 0 Å². The van der Waals surface area contributed by atoms with Gasteiger partial charge in [-0.1, -0.05) is 91.0 Å². The van der Waals surface area contributed by atoms with Crippen LogP contribution in [0.5, 0.6) is 0 Å². The smallest absolute Gasteiger partial charge is 0.248 e. The van der Waals surface area contributed by atoms with E-state index >= 15 is 0 Å². The van der Waals surface area contributed by atoms with Crippen LogP contribution in [0.1, 0.15) is 16.7 Å². The van der Waals surface area contributed by atoms with Crippen LogP contribution in [0.3, 0.4) is 0 Å². The van der Waals surface area contributed by atoms with Gasteiger partial charge in [0.05, 0.1) is 0 Å². The molecule has 0 aliphatic rings. The molecule has 0 aliphatic carbocycles. The highest BCUT2D eigenvalue weighted by Crippen LogP contribution is 2.40. The van der Waals surface area contributed by atoms with Crippen LogP contribution in [-0.2, 0) is 15.1 Å². The summed E-state index contributed by atoms with van der Waals surface area (Å²) in [6.07, 6.45) is 0. The van der Waals surface area contributed by atoms with Gasteiger partial charge in [0.2, 0.25) is 5.91 Å². The van der Waals surface area contributed by atoms with E-state index in [0.29, 0.717) is 0 Å². The first-order valence-corrected chi connectivity index (χ1v) is 8.65. The Morgan fingerprint density at radius 3 is 1.38 bits per heavy atom. The Morgan fingerprint density at radius 2 is 1.08 bits per heavy atom. The molecule has 0 heterocycles. The molecule has 0 saturated carbocycles. The van der Waals surface area contributed by atoms with Crippen LogP contribution in [0.4, 0.5) is 0 Å². The van der Waals surface area contributed by atoms with Crippen molar-refractivity contribution in [1.82, 2.24) is 4.90 Å². The van der Waals surface area contributed by atoms with E-state index in [2.05, 4.69) is 0 Å². The molecule has 0 atom stereocenters. The molecule has 0 bridgehead atoms. The van der Waals surface area contributed by atoms with Gasteiger partial charge in [-0.25, -0.2) is 0 Å². The maximum absolute atomic E-state index is 12.3. The number of ether oxygens (including phenoxy) is 1. The lowest BCUT2D eigenvalue weighted by atomic mass is 9.80. The molecule has 3 rings (SSSR count). The van der Waals surface area contributed by atoms with Gasteiger partial charge >= 0.3 is 0 Å². The van der Waals surface area contributed by atoms with E-state index in [4.69, 9.17) is 4.74 Å². The Morgan fingerprint density at radius 1 is 0.731 bits per heavy atom. The largest absolute Gasteiger partial charge is 0.351 e. The number of hydrogen-bond acceptors (Lipinski definition) is 2. The molecule has 3 aromatic carbocycles. The highest BCUT2D eigenvalue weighted by molar-refractivity contribution is 5.77. The molecule has 132 valence electrons. The van der Waals surface area contributed by atoms with Crippen molar-refractivity contribution in [3.63, 3.8) is 0 Å². The summed E-state index contributed by atoms with van der Waals surface area (Å²) < 4.78 is 6.42. The van der Waals surface area contributed by atoms with Crippen LogP contribution in [0.15, 0.2) is 91.0 Å². The van der Waals surface area contributed by atoms with Crippen LogP contribution in [0, 0.1) is 0 Å². The third kappa shape index (κ3) is 3.53. The van der Waals surface area contributed by atoms with Crippen molar-refractivity contribution >= 4 is 5.91 Å². The maximum atomic E-state index is 12.3. The van der Waals surface area contributed by atoms with Gasteiger partial charge in [-0.2, -0.15) is 0 Å². The number of carbonyl (C=O) groups excluding carboxylic acids is 1. The van der Waals surface area contributed by atoms with Crippen LogP contribution in [0.25, 0.3) is 0 Å². The van der Waals surface area contributed by atoms with Gasteiger partial charge in [0.1, 0.15) is 12.2 Å². The van der Waals surface area contributed by atoms with Gasteiger partial charge in [-0.15, -0.1) is 0 Å². The summed E-state index contributed by atoms with van der Waals surface area (Å²) in [7, 11) is 3.47. The standard InChI is InChI=1S/C23H23NO2/c1-24(2)22(25)18-26-23(19-12-6-3-7-13-19,20-14-8-4-9-15-20)21-16-10-5-11-17-21/h3-17H,18H2,1-2H3. The Hall–Kier alpha value is -2.91. The zero-order valence-electron chi connectivity index (χ0n) is 15.1. The minimum absolute atomic E-state index is 0.00825. The lowest BCUT2D eigenvalue weighted by Crippen LogP contribution is -2.37. The van der Waals surface area contributed by atoms with Crippen LogP contribution < -0.4 is 0 Å².